The fraction of sp³-hybridized carbons (Fsp3) is 0.300. The molecule has 4 heteroatoms. The molecule has 1 aliphatic heterocycles. The molecule has 24 heavy (non-hydrogen) atoms. The highest BCUT2D eigenvalue weighted by Gasteiger charge is 2.10. The van der Waals surface area contributed by atoms with E-state index >= 15 is 0 Å². The third-order valence-corrected chi connectivity index (χ3v) is 4.25. The predicted octanol–water partition coefficient (Wildman–Crippen LogP) is 4.10. The predicted molar refractivity (Wildman–Crippen MR) is 96.0 cm³/mol. The average molecular weight is 319 g/mol. The van der Waals surface area contributed by atoms with Crippen LogP contribution in [-0.2, 0) is 11.4 Å². The Labute approximate surface area is 143 Å². The zero-order chi connectivity index (χ0) is 16.6. The lowest BCUT2D eigenvalue weighted by Gasteiger charge is -2.28. The quantitative estimate of drug-likeness (QED) is 0.616. The first-order valence-corrected chi connectivity index (χ1v) is 8.35. The third-order valence-electron chi connectivity index (χ3n) is 4.25. The Bertz CT molecular complexity index is 725. The Hall–Kier alpha value is -2.80. The molecule has 0 radical (unpaired) electrons. The molecule has 1 saturated heterocycles. The highest BCUT2D eigenvalue weighted by Crippen LogP contribution is 2.19. The first-order valence-electron chi connectivity index (χ1n) is 8.35. The Morgan fingerprint density at radius 3 is 2.54 bits per heavy atom. The van der Waals surface area contributed by atoms with Crippen LogP contribution in [0.15, 0.2) is 53.7 Å². The van der Waals surface area contributed by atoms with E-state index in [1.54, 1.807) is 12.3 Å². The number of piperidine rings is 1. The Kier molecular flexibility index (Phi) is 5.47. The molecule has 0 N–H and O–H groups in total. The molecule has 1 fully saturated rings. The molecule has 1 aliphatic rings. The van der Waals surface area contributed by atoms with Gasteiger partial charge in [-0.3, -0.25) is 0 Å². The van der Waals surface area contributed by atoms with Gasteiger partial charge in [0.2, 0.25) is 0 Å². The summed E-state index contributed by atoms with van der Waals surface area (Å²) in [7, 11) is 0. The molecule has 0 aliphatic carbocycles. The highest BCUT2D eigenvalue weighted by molar-refractivity contribution is 5.79. The van der Waals surface area contributed by atoms with Gasteiger partial charge < -0.3 is 9.74 Å². The van der Waals surface area contributed by atoms with Crippen LogP contribution in [0.2, 0.25) is 0 Å². The summed E-state index contributed by atoms with van der Waals surface area (Å²) in [6, 6.07) is 17.9. The van der Waals surface area contributed by atoms with Crippen LogP contribution in [-0.4, -0.2) is 19.3 Å². The second-order valence-electron chi connectivity index (χ2n) is 5.92. The van der Waals surface area contributed by atoms with E-state index < -0.39 is 0 Å². The molecule has 0 saturated carbocycles. The molecule has 1 heterocycles. The maximum atomic E-state index is 9.04. The minimum Gasteiger partial charge on any atom is -0.391 e. The van der Waals surface area contributed by atoms with Gasteiger partial charge in [-0.25, -0.2) is 0 Å². The van der Waals surface area contributed by atoms with Crippen molar-refractivity contribution < 1.29 is 4.84 Å². The van der Waals surface area contributed by atoms with Crippen LogP contribution in [0.4, 0.5) is 5.69 Å². The van der Waals surface area contributed by atoms with Gasteiger partial charge in [0, 0.05) is 24.3 Å². The number of nitrogens with zero attached hydrogens (tertiary/aromatic N) is 3. The molecule has 3 rings (SSSR count). The van der Waals surface area contributed by atoms with Crippen molar-refractivity contribution in [3.8, 4) is 6.07 Å². The lowest BCUT2D eigenvalue weighted by atomic mass is 10.1. The summed E-state index contributed by atoms with van der Waals surface area (Å²) in [4.78, 5) is 7.75. The maximum absolute atomic E-state index is 9.04. The van der Waals surface area contributed by atoms with Crippen LogP contribution in [0.1, 0.15) is 36.0 Å². The number of anilines is 1. The molecule has 0 atom stereocenters. The fourth-order valence-electron chi connectivity index (χ4n) is 2.88. The van der Waals surface area contributed by atoms with Crippen molar-refractivity contribution in [3.63, 3.8) is 0 Å². The SMILES string of the molecule is N#Cc1ccccc1CO/N=C\c1ccc(N2CCCCC2)cc1. The molecular formula is C20H21N3O. The molecule has 0 unspecified atom stereocenters. The van der Waals surface area contributed by atoms with E-state index in [2.05, 4.69) is 40.4 Å². The second kappa shape index (κ2) is 8.16. The van der Waals surface area contributed by atoms with E-state index in [4.69, 9.17) is 10.1 Å². The third kappa shape index (κ3) is 4.14. The van der Waals surface area contributed by atoms with Crippen molar-refractivity contribution in [1.82, 2.24) is 0 Å². The minimum absolute atomic E-state index is 0.298. The van der Waals surface area contributed by atoms with Crippen molar-refractivity contribution in [2.45, 2.75) is 25.9 Å². The van der Waals surface area contributed by atoms with Gasteiger partial charge in [0.25, 0.3) is 0 Å². The Morgan fingerprint density at radius 1 is 1.04 bits per heavy atom. The molecular weight excluding hydrogens is 298 g/mol. The lowest BCUT2D eigenvalue weighted by Crippen LogP contribution is -2.29. The summed E-state index contributed by atoms with van der Waals surface area (Å²) >= 11 is 0. The van der Waals surface area contributed by atoms with Gasteiger partial charge in [0.15, 0.2) is 0 Å². The topological polar surface area (TPSA) is 48.6 Å². The summed E-state index contributed by atoms with van der Waals surface area (Å²) in [6.07, 6.45) is 5.60. The van der Waals surface area contributed by atoms with Gasteiger partial charge in [-0.1, -0.05) is 35.5 Å². The Morgan fingerprint density at radius 2 is 1.79 bits per heavy atom. The van der Waals surface area contributed by atoms with E-state index in [1.807, 2.05) is 18.2 Å². The van der Waals surface area contributed by atoms with Gasteiger partial charge in [-0.15, -0.1) is 0 Å². The van der Waals surface area contributed by atoms with Crippen molar-refractivity contribution in [3.05, 3.63) is 65.2 Å². The molecule has 0 bridgehead atoms. The van der Waals surface area contributed by atoms with E-state index in [0.29, 0.717) is 12.2 Å². The number of nitriles is 1. The molecule has 122 valence electrons. The van der Waals surface area contributed by atoms with Crippen LogP contribution in [0.3, 0.4) is 0 Å². The van der Waals surface area contributed by atoms with Gasteiger partial charge in [-0.2, -0.15) is 5.26 Å². The van der Waals surface area contributed by atoms with Crippen LogP contribution >= 0.6 is 0 Å². The summed E-state index contributed by atoms with van der Waals surface area (Å²) in [5.74, 6) is 0. The molecule has 4 nitrogen and oxygen atoms in total. The molecule has 2 aromatic carbocycles. The standard InChI is InChI=1S/C20H21N3O/c21-14-18-6-2-3-7-19(18)16-24-22-15-17-8-10-20(11-9-17)23-12-4-1-5-13-23/h2-3,6-11,15H,1,4-5,12-13,16H2/b22-15-. The zero-order valence-corrected chi connectivity index (χ0v) is 13.7. The van der Waals surface area contributed by atoms with E-state index in [0.717, 1.165) is 24.2 Å². The number of hydrogen-bond donors (Lipinski definition) is 0. The maximum Gasteiger partial charge on any atom is 0.143 e. The fourth-order valence-corrected chi connectivity index (χ4v) is 2.88. The van der Waals surface area contributed by atoms with E-state index in [-0.39, 0.29) is 0 Å². The number of oxime groups is 1. The highest BCUT2D eigenvalue weighted by atomic mass is 16.6. The Balaban J connectivity index is 1.54. The molecule has 2 aromatic rings. The monoisotopic (exact) mass is 319 g/mol. The van der Waals surface area contributed by atoms with E-state index in [1.165, 1.54) is 24.9 Å². The van der Waals surface area contributed by atoms with Crippen LogP contribution in [0.25, 0.3) is 0 Å². The first-order chi connectivity index (χ1) is 11.9. The summed E-state index contributed by atoms with van der Waals surface area (Å²) in [6.45, 7) is 2.59. The normalized spacial score (nSPS) is 14.5. The van der Waals surface area contributed by atoms with Crippen molar-refractivity contribution in [2.75, 3.05) is 18.0 Å². The molecule has 0 aromatic heterocycles. The minimum atomic E-state index is 0.298. The number of rotatable bonds is 5. The first kappa shape index (κ1) is 16.1. The second-order valence-corrected chi connectivity index (χ2v) is 5.92. The molecule has 0 spiro atoms. The lowest BCUT2D eigenvalue weighted by molar-refractivity contribution is 0.132. The van der Waals surface area contributed by atoms with Gasteiger partial charge >= 0.3 is 0 Å². The summed E-state index contributed by atoms with van der Waals surface area (Å²) in [5.41, 5.74) is 3.75. The van der Waals surface area contributed by atoms with Gasteiger partial charge in [-0.05, 0) is 43.0 Å². The zero-order valence-electron chi connectivity index (χ0n) is 13.7. The van der Waals surface area contributed by atoms with Crippen molar-refractivity contribution in [1.29, 1.82) is 5.26 Å². The average Bonchev–Trinajstić information content (AvgIpc) is 2.67. The van der Waals surface area contributed by atoms with Crippen LogP contribution < -0.4 is 4.90 Å². The van der Waals surface area contributed by atoms with Crippen LogP contribution in [0.5, 0.6) is 0 Å². The largest absolute Gasteiger partial charge is 0.391 e. The van der Waals surface area contributed by atoms with Crippen molar-refractivity contribution in [2.24, 2.45) is 5.16 Å². The smallest absolute Gasteiger partial charge is 0.143 e. The van der Waals surface area contributed by atoms with Gasteiger partial charge in [0.05, 0.1) is 17.8 Å². The summed E-state index contributed by atoms with van der Waals surface area (Å²) in [5, 5.41) is 13.0. The van der Waals surface area contributed by atoms with Crippen molar-refractivity contribution >= 4 is 11.9 Å². The number of benzene rings is 2. The van der Waals surface area contributed by atoms with Crippen LogP contribution in [0, 0.1) is 11.3 Å². The van der Waals surface area contributed by atoms with Gasteiger partial charge in [0.1, 0.15) is 6.61 Å². The number of hydrogen-bond acceptors (Lipinski definition) is 4. The molecule has 0 amide bonds. The van der Waals surface area contributed by atoms with E-state index in [9.17, 15) is 0 Å². The summed E-state index contributed by atoms with van der Waals surface area (Å²) < 4.78 is 0.